The fourth-order valence-corrected chi connectivity index (χ4v) is 2.54. The molecule has 6 nitrogen and oxygen atoms in total. The third-order valence-corrected chi connectivity index (χ3v) is 3.46. The Hall–Kier alpha value is -1.60. The molecule has 2 rings (SSSR count). The zero-order chi connectivity index (χ0) is 12.3. The van der Waals surface area contributed by atoms with Gasteiger partial charge in [0.2, 0.25) is 0 Å². The minimum Gasteiger partial charge on any atom is -0.351 e. The molecule has 1 aromatic rings. The SMILES string of the molecule is NC(=O)Nc1ccc(C(=O)N2CCNCC2)s1. The molecular weight excluding hydrogens is 240 g/mol. The Kier molecular flexibility index (Phi) is 3.60. The molecule has 4 N–H and O–H groups in total. The van der Waals surface area contributed by atoms with Crippen molar-refractivity contribution in [3.63, 3.8) is 0 Å². The summed E-state index contributed by atoms with van der Waals surface area (Å²) in [4.78, 5) is 25.2. The monoisotopic (exact) mass is 254 g/mol. The third-order valence-electron chi connectivity index (χ3n) is 2.47. The largest absolute Gasteiger partial charge is 0.351 e. The van der Waals surface area contributed by atoms with Crippen LogP contribution in [0.1, 0.15) is 9.67 Å². The lowest BCUT2D eigenvalue weighted by Gasteiger charge is -2.26. The van der Waals surface area contributed by atoms with Crippen LogP contribution in [0.3, 0.4) is 0 Å². The molecule has 2 heterocycles. The molecule has 0 saturated carbocycles. The van der Waals surface area contributed by atoms with Crippen LogP contribution < -0.4 is 16.4 Å². The first-order valence-electron chi connectivity index (χ1n) is 5.33. The Labute approximate surface area is 103 Å². The second-order valence-corrected chi connectivity index (χ2v) is 4.78. The second kappa shape index (κ2) is 5.15. The third kappa shape index (κ3) is 2.95. The predicted octanol–water partition coefficient (Wildman–Crippen LogP) is 0.284. The summed E-state index contributed by atoms with van der Waals surface area (Å²) < 4.78 is 0. The van der Waals surface area contributed by atoms with Crippen molar-refractivity contribution >= 4 is 28.3 Å². The van der Waals surface area contributed by atoms with Crippen molar-refractivity contribution in [2.45, 2.75) is 0 Å². The maximum atomic E-state index is 12.1. The van der Waals surface area contributed by atoms with Crippen molar-refractivity contribution in [2.24, 2.45) is 5.73 Å². The molecule has 92 valence electrons. The van der Waals surface area contributed by atoms with Crippen LogP contribution in [-0.2, 0) is 0 Å². The molecule has 0 unspecified atom stereocenters. The number of carbonyl (C=O) groups excluding carboxylic acids is 2. The van der Waals surface area contributed by atoms with E-state index in [1.54, 1.807) is 17.0 Å². The molecule has 0 radical (unpaired) electrons. The normalized spacial score (nSPS) is 15.6. The van der Waals surface area contributed by atoms with Crippen molar-refractivity contribution in [1.82, 2.24) is 10.2 Å². The van der Waals surface area contributed by atoms with E-state index >= 15 is 0 Å². The van der Waals surface area contributed by atoms with Crippen LogP contribution in [0.5, 0.6) is 0 Å². The fraction of sp³-hybridized carbons (Fsp3) is 0.400. The highest BCUT2D eigenvalue weighted by atomic mass is 32.1. The summed E-state index contributed by atoms with van der Waals surface area (Å²) in [7, 11) is 0. The second-order valence-electron chi connectivity index (χ2n) is 3.70. The number of nitrogens with two attached hydrogens (primary N) is 1. The van der Waals surface area contributed by atoms with Gasteiger partial charge in [-0.25, -0.2) is 4.79 Å². The lowest BCUT2D eigenvalue weighted by atomic mass is 10.3. The number of rotatable bonds is 2. The van der Waals surface area contributed by atoms with Crippen molar-refractivity contribution in [1.29, 1.82) is 0 Å². The minimum atomic E-state index is -0.618. The number of hydrogen-bond acceptors (Lipinski definition) is 4. The van der Waals surface area contributed by atoms with Crippen LogP contribution in [-0.4, -0.2) is 43.0 Å². The molecule has 0 bridgehead atoms. The Bertz CT molecular complexity index is 426. The van der Waals surface area contributed by atoms with Gasteiger partial charge in [0.05, 0.1) is 9.88 Å². The predicted molar refractivity (Wildman–Crippen MR) is 66.3 cm³/mol. The molecule has 1 aliphatic rings. The number of primary amides is 1. The number of anilines is 1. The number of nitrogens with one attached hydrogen (secondary N) is 2. The molecule has 7 heteroatoms. The molecule has 1 aromatic heterocycles. The highest BCUT2D eigenvalue weighted by molar-refractivity contribution is 7.18. The number of carbonyl (C=O) groups is 2. The Balaban J connectivity index is 2.03. The van der Waals surface area contributed by atoms with Gasteiger partial charge in [0.25, 0.3) is 5.91 Å². The van der Waals surface area contributed by atoms with Gasteiger partial charge in [-0.05, 0) is 12.1 Å². The lowest BCUT2D eigenvalue weighted by molar-refractivity contribution is 0.0740. The van der Waals surface area contributed by atoms with Gasteiger partial charge in [0.1, 0.15) is 0 Å². The first kappa shape index (κ1) is 11.9. The summed E-state index contributed by atoms with van der Waals surface area (Å²) >= 11 is 1.24. The number of thiophene rings is 1. The molecule has 3 amide bonds. The molecule has 1 aliphatic heterocycles. The van der Waals surface area contributed by atoms with Crippen molar-refractivity contribution in [3.8, 4) is 0 Å². The Morgan fingerprint density at radius 1 is 1.35 bits per heavy atom. The summed E-state index contributed by atoms with van der Waals surface area (Å²) in [5.41, 5.74) is 5.01. The van der Waals surface area contributed by atoms with Crippen molar-refractivity contribution in [2.75, 3.05) is 31.5 Å². The first-order chi connectivity index (χ1) is 8.16. The molecule has 0 aromatic carbocycles. The highest BCUT2D eigenvalue weighted by Crippen LogP contribution is 2.23. The lowest BCUT2D eigenvalue weighted by Crippen LogP contribution is -2.46. The Morgan fingerprint density at radius 2 is 2.06 bits per heavy atom. The fourth-order valence-electron chi connectivity index (χ4n) is 1.67. The molecular formula is C10H14N4O2S. The standard InChI is InChI=1S/C10H14N4O2S/c11-10(16)13-8-2-1-7(17-8)9(15)14-5-3-12-4-6-14/h1-2,12H,3-6H2,(H3,11,13,16). The van der Waals surface area contributed by atoms with Gasteiger partial charge in [0, 0.05) is 26.2 Å². The van der Waals surface area contributed by atoms with E-state index in [1.165, 1.54) is 11.3 Å². The topological polar surface area (TPSA) is 87.5 Å². The molecule has 1 saturated heterocycles. The number of piperazine rings is 1. The zero-order valence-corrected chi connectivity index (χ0v) is 10.0. The average Bonchev–Trinajstić information content (AvgIpc) is 2.77. The summed E-state index contributed by atoms with van der Waals surface area (Å²) in [6, 6.07) is 2.78. The van der Waals surface area contributed by atoms with Crippen molar-refractivity contribution in [3.05, 3.63) is 17.0 Å². The van der Waals surface area contributed by atoms with E-state index < -0.39 is 6.03 Å². The zero-order valence-electron chi connectivity index (χ0n) is 9.23. The van der Waals surface area contributed by atoms with Crippen LogP contribution in [0.4, 0.5) is 9.80 Å². The number of hydrogen-bond donors (Lipinski definition) is 3. The van der Waals surface area contributed by atoms with E-state index in [9.17, 15) is 9.59 Å². The van der Waals surface area contributed by atoms with Crippen molar-refractivity contribution < 1.29 is 9.59 Å². The van der Waals surface area contributed by atoms with E-state index in [-0.39, 0.29) is 5.91 Å². The highest BCUT2D eigenvalue weighted by Gasteiger charge is 2.19. The maximum absolute atomic E-state index is 12.1. The van der Waals surface area contributed by atoms with Crippen LogP contribution in [0.25, 0.3) is 0 Å². The summed E-state index contributed by atoms with van der Waals surface area (Å²) in [6.07, 6.45) is 0. The number of amides is 3. The van der Waals surface area contributed by atoms with Gasteiger partial charge in [-0.3, -0.25) is 10.1 Å². The van der Waals surface area contributed by atoms with Gasteiger partial charge in [-0.1, -0.05) is 0 Å². The number of nitrogens with zero attached hydrogens (tertiary/aromatic N) is 1. The van der Waals surface area contributed by atoms with Crippen LogP contribution in [0.2, 0.25) is 0 Å². The van der Waals surface area contributed by atoms with E-state index in [2.05, 4.69) is 10.6 Å². The minimum absolute atomic E-state index is 0.00835. The molecule has 0 aliphatic carbocycles. The van der Waals surface area contributed by atoms with E-state index in [1.807, 2.05) is 0 Å². The van der Waals surface area contributed by atoms with E-state index in [0.29, 0.717) is 9.88 Å². The van der Waals surface area contributed by atoms with Gasteiger partial charge < -0.3 is 16.0 Å². The van der Waals surface area contributed by atoms with Gasteiger partial charge in [-0.2, -0.15) is 0 Å². The quantitative estimate of drug-likeness (QED) is 0.708. The smallest absolute Gasteiger partial charge is 0.317 e. The summed E-state index contributed by atoms with van der Waals surface area (Å²) in [5.74, 6) is 0.00835. The summed E-state index contributed by atoms with van der Waals surface area (Å²) in [5, 5.41) is 6.24. The summed E-state index contributed by atoms with van der Waals surface area (Å²) in [6.45, 7) is 3.08. The van der Waals surface area contributed by atoms with Crippen LogP contribution >= 0.6 is 11.3 Å². The maximum Gasteiger partial charge on any atom is 0.317 e. The molecule has 0 spiro atoms. The van der Waals surface area contributed by atoms with Crippen LogP contribution in [0.15, 0.2) is 12.1 Å². The van der Waals surface area contributed by atoms with Gasteiger partial charge in [-0.15, -0.1) is 11.3 Å². The Morgan fingerprint density at radius 3 is 2.71 bits per heavy atom. The van der Waals surface area contributed by atoms with Crippen LogP contribution in [0, 0.1) is 0 Å². The molecule has 0 atom stereocenters. The van der Waals surface area contributed by atoms with Gasteiger partial charge >= 0.3 is 6.03 Å². The van der Waals surface area contributed by atoms with E-state index in [4.69, 9.17) is 5.73 Å². The number of urea groups is 1. The van der Waals surface area contributed by atoms with E-state index in [0.717, 1.165) is 26.2 Å². The molecule has 17 heavy (non-hydrogen) atoms. The molecule has 1 fully saturated rings. The van der Waals surface area contributed by atoms with Gasteiger partial charge in [0.15, 0.2) is 0 Å². The average molecular weight is 254 g/mol. The first-order valence-corrected chi connectivity index (χ1v) is 6.15.